The lowest BCUT2D eigenvalue weighted by Gasteiger charge is -2.23. The van der Waals surface area contributed by atoms with Crippen molar-refractivity contribution in [3.8, 4) is 0 Å². The summed E-state index contributed by atoms with van der Waals surface area (Å²) < 4.78 is 0. The highest BCUT2D eigenvalue weighted by molar-refractivity contribution is 6.17. The number of benzodiazepines with no additional fused rings is 1. The fourth-order valence-electron chi connectivity index (χ4n) is 2.57. The molecule has 22 heavy (non-hydrogen) atoms. The second kappa shape index (κ2) is 5.61. The summed E-state index contributed by atoms with van der Waals surface area (Å²) in [4.78, 5) is 20.3. The first kappa shape index (κ1) is 14.3. The number of rotatable bonds is 1. The molecule has 1 heterocycles. The van der Waals surface area contributed by atoms with Crippen molar-refractivity contribution in [2.45, 2.75) is 6.17 Å². The zero-order chi connectivity index (χ0) is 15.7. The quantitative estimate of drug-likeness (QED) is 0.873. The molecule has 0 fully saturated rings. The van der Waals surface area contributed by atoms with Crippen molar-refractivity contribution in [1.29, 1.82) is 0 Å². The van der Waals surface area contributed by atoms with Crippen LogP contribution in [-0.2, 0) is 4.79 Å². The van der Waals surface area contributed by atoms with Gasteiger partial charge in [0.05, 0.1) is 5.69 Å². The maximum absolute atomic E-state index is 12.3. The summed E-state index contributed by atoms with van der Waals surface area (Å²) >= 11 is 0. The van der Waals surface area contributed by atoms with Gasteiger partial charge in [-0.3, -0.25) is 4.79 Å². The third-order valence-electron chi connectivity index (χ3n) is 3.81. The van der Waals surface area contributed by atoms with Gasteiger partial charge in [0.1, 0.15) is 5.84 Å². The molecular weight excluding hydrogens is 276 g/mol. The Morgan fingerprint density at radius 3 is 2.45 bits per heavy atom. The van der Waals surface area contributed by atoms with E-state index in [0.29, 0.717) is 5.84 Å². The summed E-state index contributed by atoms with van der Waals surface area (Å²) in [6.07, 6.45) is -0.904. The summed E-state index contributed by atoms with van der Waals surface area (Å²) in [6.45, 7) is 0. The summed E-state index contributed by atoms with van der Waals surface area (Å²) in [5, 5.41) is 0. The van der Waals surface area contributed by atoms with Crippen LogP contribution in [-0.4, -0.2) is 32.0 Å². The Kier molecular flexibility index (Phi) is 3.65. The fourth-order valence-corrected chi connectivity index (χ4v) is 2.57. The van der Waals surface area contributed by atoms with Crippen LogP contribution in [0.4, 0.5) is 11.4 Å². The monoisotopic (exact) mass is 294 g/mol. The minimum Gasteiger partial charge on any atom is -0.329 e. The predicted molar refractivity (Wildman–Crippen MR) is 89.2 cm³/mol. The molecular formula is C17H18N4O. The average molecular weight is 294 g/mol. The lowest BCUT2D eigenvalue weighted by Crippen LogP contribution is -2.40. The first-order valence-electron chi connectivity index (χ1n) is 7.08. The number of amides is 1. The number of hydrogen-bond acceptors (Lipinski definition) is 4. The maximum atomic E-state index is 12.3. The van der Waals surface area contributed by atoms with Gasteiger partial charge in [0.25, 0.3) is 5.91 Å². The van der Waals surface area contributed by atoms with E-state index in [1.807, 2.05) is 66.5 Å². The molecule has 2 aromatic rings. The van der Waals surface area contributed by atoms with Crippen LogP contribution in [0.3, 0.4) is 0 Å². The van der Waals surface area contributed by atoms with Gasteiger partial charge in [-0.1, -0.05) is 30.3 Å². The highest BCUT2D eigenvalue weighted by Crippen LogP contribution is 2.26. The van der Waals surface area contributed by atoms with Crippen LogP contribution in [0.25, 0.3) is 0 Å². The van der Waals surface area contributed by atoms with Crippen molar-refractivity contribution in [1.82, 2.24) is 0 Å². The molecule has 0 aliphatic carbocycles. The van der Waals surface area contributed by atoms with Crippen LogP contribution in [0.5, 0.6) is 0 Å². The number of benzene rings is 2. The Morgan fingerprint density at radius 2 is 1.73 bits per heavy atom. The molecule has 1 aliphatic heterocycles. The zero-order valence-corrected chi connectivity index (χ0v) is 12.6. The zero-order valence-electron chi connectivity index (χ0n) is 12.6. The second-order valence-corrected chi connectivity index (χ2v) is 5.21. The smallest absolute Gasteiger partial charge is 0.266 e. The standard InChI is InChI=1S/C17H18N4O/c1-20(12-8-4-3-5-9-12)16-13-10-6-7-11-14(13)21(2)17(22)15(18)19-16/h3-11,15H,18H2,1-2H3. The van der Waals surface area contributed by atoms with Crippen LogP contribution in [0, 0.1) is 0 Å². The Bertz CT molecular complexity index is 726. The maximum Gasteiger partial charge on any atom is 0.266 e. The van der Waals surface area contributed by atoms with Crippen LogP contribution in [0.2, 0.25) is 0 Å². The lowest BCUT2D eigenvalue weighted by atomic mass is 10.1. The van der Waals surface area contributed by atoms with Gasteiger partial charge in [-0.2, -0.15) is 0 Å². The van der Waals surface area contributed by atoms with E-state index in [1.165, 1.54) is 0 Å². The number of nitrogens with two attached hydrogens (primary N) is 1. The van der Waals surface area contributed by atoms with E-state index in [1.54, 1.807) is 11.9 Å². The van der Waals surface area contributed by atoms with Crippen molar-refractivity contribution >= 4 is 23.1 Å². The Hall–Kier alpha value is -2.66. The van der Waals surface area contributed by atoms with E-state index in [0.717, 1.165) is 16.9 Å². The molecule has 1 amide bonds. The third kappa shape index (κ3) is 2.35. The van der Waals surface area contributed by atoms with Crippen LogP contribution in [0.1, 0.15) is 5.56 Å². The molecule has 0 aromatic heterocycles. The van der Waals surface area contributed by atoms with Gasteiger partial charge >= 0.3 is 0 Å². The van der Waals surface area contributed by atoms with Gasteiger partial charge in [-0.05, 0) is 24.3 Å². The van der Waals surface area contributed by atoms with Crippen molar-refractivity contribution in [2.75, 3.05) is 23.9 Å². The number of nitrogens with zero attached hydrogens (tertiary/aromatic N) is 3. The molecule has 1 atom stereocenters. The number of para-hydroxylation sites is 2. The van der Waals surface area contributed by atoms with E-state index in [4.69, 9.17) is 5.73 Å². The molecule has 1 unspecified atom stereocenters. The first-order chi connectivity index (χ1) is 10.6. The Balaban J connectivity index is 2.15. The molecule has 0 saturated carbocycles. The van der Waals surface area contributed by atoms with E-state index in [-0.39, 0.29) is 5.91 Å². The van der Waals surface area contributed by atoms with E-state index >= 15 is 0 Å². The summed E-state index contributed by atoms with van der Waals surface area (Å²) in [5.41, 5.74) is 8.63. The average Bonchev–Trinajstić information content (AvgIpc) is 2.66. The summed E-state index contributed by atoms with van der Waals surface area (Å²) in [5.74, 6) is 0.468. The van der Waals surface area contributed by atoms with Gasteiger partial charge in [-0.15, -0.1) is 0 Å². The van der Waals surface area contributed by atoms with E-state index in [9.17, 15) is 4.79 Å². The number of carbonyl (C=O) groups excluding carboxylic acids is 1. The second-order valence-electron chi connectivity index (χ2n) is 5.21. The lowest BCUT2D eigenvalue weighted by molar-refractivity contribution is -0.119. The molecule has 5 heteroatoms. The van der Waals surface area contributed by atoms with Crippen molar-refractivity contribution in [3.05, 3.63) is 60.2 Å². The minimum absolute atomic E-state index is 0.219. The third-order valence-corrected chi connectivity index (χ3v) is 3.81. The van der Waals surface area contributed by atoms with Crippen LogP contribution in [0.15, 0.2) is 59.6 Å². The highest BCUT2D eigenvalue weighted by atomic mass is 16.2. The van der Waals surface area contributed by atoms with Gasteiger partial charge < -0.3 is 15.5 Å². The Labute approximate surface area is 129 Å². The molecule has 0 spiro atoms. The van der Waals surface area contributed by atoms with Gasteiger partial charge in [-0.25, -0.2) is 4.99 Å². The van der Waals surface area contributed by atoms with Crippen molar-refractivity contribution in [2.24, 2.45) is 10.7 Å². The van der Waals surface area contributed by atoms with Crippen molar-refractivity contribution < 1.29 is 4.79 Å². The molecule has 5 nitrogen and oxygen atoms in total. The van der Waals surface area contributed by atoms with E-state index in [2.05, 4.69) is 4.99 Å². The van der Waals surface area contributed by atoms with Crippen LogP contribution >= 0.6 is 0 Å². The molecule has 0 bridgehead atoms. The minimum atomic E-state index is -0.904. The fraction of sp³-hybridized carbons (Fsp3) is 0.176. The number of carbonyl (C=O) groups is 1. The summed E-state index contributed by atoms with van der Waals surface area (Å²) in [7, 11) is 3.65. The van der Waals surface area contributed by atoms with E-state index < -0.39 is 6.17 Å². The van der Waals surface area contributed by atoms with Gasteiger partial charge in [0.15, 0.2) is 6.17 Å². The first-order valence-corrected chi connectivity index (χ1v) is 7.08. The molecule has 2 N–H and O–H groups in total. The largest absolute Gasteiger partial charge is 0.329 e. The molecule has 0 radical (unpaired) electrons. The number of anilines is 2. The summed E-state index contributed by atoms with van der Waals surface area (Å²) in [6, 6.07) is 17.6. The number of hydrogen-bond donors (Lipinski definition) is 1. The van der Waals surface area contributed by atoms with Gasteiger partial charge in [0.2, 0.25) is 0 Å². The number of likely N-dealkylation sites (N-methyl/N-ethyl adjacent to an activating group) is 1. The van der Waals surface area contributed by atoms with Gasteiger partial charge in [0, 0.05) is 25.3 Å². The van der Waals surface area contributed by atoms with Crippen molar-refractivity contribution in [3.63, 3.8) is 0 Å². The molecule has 2 aromatic carbocycles. The molecule has 1 aliphatic rings. The topological polar surface area (TPSA) is 61.9 Å². The molecule has 112 valence electrons. The van der Waals surface area contributed by atoms with Crippen LogP contribution < -0.4 is 15.5 Å². The normalized spacial score (nSPS) is 17.6. The number of fused-ring (bicyclic) bond motifs is 1. The molecule has 0 saturated heterocycles. The number of amidine groups is 1. The number of aliphatic imine (C=N–C) groups is 1. The predicted octanol–water partition coefficient (Wildman–Crippen LogP) is 1.83. The highest BCUT2D eigenvalue weighted by Gasteiger charge is 2.28. The Morgan fingerprint density at radius 1 is 1.09 bits per heavy atom. The molecule has 3 rings (SSSR count). The SMILES string of the molecule is CN(C1=NC(N)C(=O)N(C)c2ccccc21)c1ccccc1.